The smallest absolute Gasteiger partial charge is 0.246 e. The molecule has 11 heteroatoms. The van der Waals surface area contributed by atoms with Crippen molar-refractivity contribution in [3.05, 3.63) is 64.7 Å². The number of aromatic nitrogens is 3. The SMILES string of the molecule is Cc1ccc(N(O)SN2CCN(C3CCN(c4n[nH]c(N)n4)CC3)[C@@H](Cc3ccc(Cl)cc3)C2)cc1. The van der Waals surface area contributed by atoms with Gasteiger partial charge in [-0.2, -0.15) is 9.45 Å². The van der Waals surface area contributed by atoms with E-state index in [1.165, 1.54) is 27.7 Å². The molecule has 36 heavy (non-hydrogen) atoms. The van der Waals surface area contributed by atoms with E-state index >= 15 is 0 Å². The van der Waals surface area contributed by atoms with Gasteiger partial charge in [-0.1, -0.05) is 41.4 Å². The van der Waals surface area contributed by atoms with Crippen molar-refractivity contribution in [2.24, 2.45) is 0 Å². The summed E-state index contributed by atoms with van der Waals surface area (Å²) in [6, 6.07) is 16.9. The van der Waals surface area contributed by atoms with Crippen LogP contribution in [-0.2, 0) is 6.42 Å². The number of piperidine rings is 1. The first-order chi connectivity index (χ1) is 17.4. The molecule has 0 unspecified atom stereocenters. The summed E-state index contributed by atoms with van der Waals surface area (Å²) in [4.78, 5) is 9.16. The third-order valence-electron chi connectivity index (χ3n) is 7.03. The van der Waals surface area contributed by atoms with Crippen LogP contribution >= 0.6 is 23.7 Å². The first kappa shape index (κ1) is 25.2. The second kappa shape index (κ2) is 11.3. The molecule has 0 saturated carbocycles. The van der Waals surface area contributed by atoms with Crippen molar-refractivity contribution in [2.75, 3.05) is 47.8 Å². The van der Waals surface area contributed by atoms with Crippen molar-refractivity contribution < 1.29 is 5.21 Å². The number of nitrogen functional groups attached to an aromatic ring is 1. The lowest BCUT2D eigenvalue weighted by Gasteiger charge is -2.47. The van der Waals surface area contributed by atoms with E-state index < -0.39 is 0 Å². The fraction of sp³-hybridized carbons (Fsp3) is 0.440. The zero-order chi connectivity index (χ0) is 25.1. The molecular formula is C25H33ClN8OS. The summed E-state index contributed by atoms with van der Waals surface area (Å²) >= 11 is 7.52. The van der Waals surface area contributed by atoms with Crippen LogP contribution in [0.2, 0.25) is 5.02 Å². The van der Waals surface area contributed by atoms with Crippen LogP contribution < -0.4 is 15.1 Å². The summed E-state index contributed by atoms with van der Waals surface area (Å²) in [6.45, 7) is 6.54. The molecule has 5 rings (SSSR count). The van der Waals surface area contributed by atoms with Crippen molar-refractivity contribution in [2.45, 2.75) is 38.3 Å². The van der Waals surface area contributed by atoms with E-state index in [0.29, 0.717) is 24.0 Å². The molecule has 0 spiro atoms. The number of nitrogens with two attached hydrogens (primary N) is 1. The Hall–Kier alpha value is -2.50. The molecule has 2 aliphatic heterocycles. The number of aryl methyl sites for hydroxylation is 1. The van der Waals surface area contributed by atoms with Crippen LogP contribution in [0, 0.1) is 6.92 Å². The number of hydrogen-bond acceptors (Lipinski definition) is 9. The van der Waals surface area contributed by atoms with E-state index in [2.05, 4.69) is 41.4 Å². The maximum absolute atomic E-state index is 10.7. The third-order valence-corrected chi connectivity index (χ3v) is 8.21. The van der Waals surface area contributed by atoms with Gasteiger partial charge >= 0.3 is 0 Å². The Morgan fingerprint density at radius 3 is 2.47 bits per heavy atom. The van der Waals surface area contributed by atoms with Crippen molar-refractivity contribution in [3.8, 4) is 0 Å². The average Bonchev–Trinajstić information content (AvgIpc) is 3.32. The van der Waals surface area contributed by atoms with E-state index in [0.717, 1.165) is 62.7 Å². The average molecular weight is 529 g/mol. The minimum atomic E-state index is 0.328. The van der Waals surface area contributed by atoms with Crippen LogP contribution in [0.4, 0.5) is 17.6 Å². The monoisotopic (exact) mass is 528 g/mol. The van der Waals surface area contributed by atoms with E-state index in [-0.39, 0.29) is 0 Å². The molecule has 192 valence electrons. The first-order valence-electron chi connectivity index (χ1n) is 12.4. The second-order valence-electron chi connectivity index (χ2n) is 9.54. The van der Waals surface area contributed by atoms with Gasteiger partial charge in [0.1, 0.15) is 0 Å². The number of halogens is 1. The van der Waals surface area contributed by atoms with Crippen LogP contribution in [0.5, 0.6) is 0 Å². The Balaban J connectivity index is 1.25. The molecule has 3 aromatic rings. The molecule has 3 heterocycles. The Morgan fingerprint density at radius 2 is 1.81 bits per heavy atom. The summed E-state index contributed by atoms with van der Waals surface area (Å²) < 4.78 is 3.54. The van der Waals surface area contributed by atoms with Gasteiger partial charge in [-0.05, 0) is 56.0 Å². The van der Waals surface area contributed by atoms with Crippen LogP contribution in [0.1, 0.15) is 24.0 Å². The highest BCUT2D eigenvalue weighted by atomic mass is 35.5. The molecule has 2 aliphatic rings. The number of anilines is 3. The van der Waals surface area contributed by atoms with Gasteiger partial charge in [0.2, 0.25) is 11.9 Å². The lowest BCUT2D eigenvalue weighted by atomic mass is 9.96. The van der Waals surface area contributed by atoms with Gasteiger partial charge in [0.05, 0.1) is 17.8 Å². The summed E-state index contributed by atoms with van der Waals surface area (Å²) in [5, 5.41) is 18.4. The second-order valence-corrected chi connectivity index (χ2v) is 11.0. The first-order valence-corrected chi connectivity index (χ1v) is 13.5. The number of aromatic amines is 1. The molecule has 0 radical (unpaired) electrons. The lowest BCUT2D eigenvalue weighted by molar-refractivity contribution is 0.0640. The van der Waals surface area contributed by atoms with Crippen LogP contribution in [0.15, 0.2) is 48.5 Å². The van der Waals surface area contributed by atoms with Gasteiger partial charge in [0.25, 0.3) is 0 Å². The maximum Gasteiger partial charge on any atom is 0.246 e. The van der Waals surface area contributed by atoms with E-state index in [4.69, 9.17) is 17.3 Å². The highest BCUT2D eigenvalue weighted by Crippen LogP contribution is 2.30. The third kappa shape index (κ3) is 6.07. The molecule has 1 aromatic heterocycles. The number of benzene rings is 2. The fourth-order valence-corrected chi connectivity index (χ4v) is 6.07. The molecule has 0 amide bonds. The number of rotatable bonds is 7. The van der Waals surface area contributed by atoms with Crippen LogP contribution in [-0.4, -0.2) is 74.4 Å². The standard InChI is InChI=1S/C25H33ClN8OS/c1-18-2-8-22(9-3-18)34(35)36-32-14-15-33(23(17-32)16-19-4-6-20(26)7-5-19)21-10-12-31(13-11-21)25-28-24(27)29-30-25/h2-9,21,23,35H,10-17H2,1H3,(H3,27,28,29,30)/t23-/m0/s1. The lowest BCUT2D eigenvalue weighted by Crippen LogP contribution is -2.58. The van der Waals surface area contributed by atoms with Crippen LogP contribution in [0.25, 0.3) is 0 Å². The Labute approximate surface area is 221 Å². The van der Waals surface area contributed by atoms with E-state index in [9.17, 15) is 5.21 Å². The largest absolute Gasteiger partial charge is 0.368 e. The van der Waals surface area contributed by atoms with E-state index in [1.807, 2.05) is 43.3 Å². The topological polar surface area (TPSA) is 101 Å². The zero-order valence-electron chi connectivity index (χ0n) is 20.4. The van der Waals surface area contributed by atoms with Crippen LogP contribution in [0.3, 0.4) is 0 Å². The molecule has 2 aromatic carbocycles. The predicted molar refractivity (Wildman–Crippen MR) is 146 cm³/mol. The van der Waals surface area contributed by atoms with Crippen molar-refractivity contribution in [1.82, 2.24) is 24.4 Å². The van der Waals surface area contributed by atoms with Gasteiger partial charge in [-0.15, -0.1) is 5.10 Å². The molecule has 9 nitrogen and oxygen atoms in total. The molecule has 2 saturated heterocycles. The maximum atomic E-state index is 10.7. The Kier molecular flexibility index (Phi) is 7.87. The van der Waals surface area contributed by atoms with Gasteiger partial charge in [0.15, 0.2) is 0 Å². The molecule has 0 bridgehead atoms. The number of piperazine rings is 1. The molecule has 2 fully saturated rings. The number of H-pyrrole nitrogens is 1. The Morgan fingerprint density at radius 1 is 1.08 bits per heavy atom. The minimum absolute atomic E-state index is 0.328. The van der Waals surface area contributed by atoms with Crippen molar-refractivity contribution in [1.29, 1.82) is 0 Å². The normalized spacial score (nSPS) is 20.1. The van der Waals surface area contributed by atoms with Gasteiger partial charge in [0, 0.05) is 49.8 Å². The van der Waals surface area contributed by atoms with Crippen molar-refractivity contribution >= 4 is 41.3 Å². The number of hydrogen-bond donors (Lipinski definition) is 3. The summed E-state index contributed by atoms with van der Waals surface area (Å²) in [5.74, 6) is 1.04. The highest BCUT2D eigenvalue weighted by Gasteiger charge is 2.35. The molecule has 1 atom stereocenters. The Bertz CT molecular complexity index is 1120. The summed E-state index contributed by atoms with van der Waals surface area (Å²) in [7, 11) is 0. The summed E-state index contributed by atoms with van der Waals surface area (Å²) in [5.41, 5.74) is 8.95. The van der Waals surface area contributed by atoms with E-state index in [1.54, 1.807) is 0 Å². The minimum Gasteiger partial charge on any atom is -0.368 e. The predicted octanol–water partition coefficient (Wildman–Crippen LogP) is 4.01. The number of nitrogens with one attached hydrogen (secondary N) is 1. The quantitative estimate of drug-likeness (QED) is 0.310. The molecular weight excluding hydrogens is 496 g/mol. The van der Waals surface area contributed by atoms with Gasteiger partial charge in [-0.3, -0.25) is 10.1 Å². The fourth-order valence-electron chi connectivity index (χ4n) is 5.10. The van der Waals surface area contributed by atoms with Gasteiger partial charge in [-0.25, -0.2) is 9.40 Å². The zero-order valence-corrected chi connectivity index (χ0v) is 22.0. The van der Waals surface area contributed by atoms with Crippen molar-refractivity contribution in [3.63, 3.8) is 0 Å². The highest BCUT2D eigenvalue weighted by molar-refractivity contribution is 7.98. The molecule has 4 N–H and O–H groups in total. The van der Waals surface area contributed by atoms with Gasteiger partial charge < -0.3 is 10.6 Å². The summed E-state index contributed by atoms with van der Waals surface area (Å²) in [6.07, 6.45) is 3.03. The number of nitrogens with zero attached hydrogens (tertiary/aromatic N) is 6. The molecule has 0 aliphatic carbocycles.